The van der Waals surface area contributed by atoms with Crippen molar-refractivity contribution in [1.82, 2.24) is 4.90 Å². The number of nitrogens with two attached hydrogens (primary N) is 1. The first kappa shape index (κ1) is 14.8. The van der Waals surface area contributed by atoms with Crippen molar-refractivity contribution in [2.75, 3.05) is 48.1 Å². The van der Waals surface area contributed by atoms with E-state index >= 15 is 0 Å². The average Bonchev–Trinajstić information content (AvgIpc) is 2.26. The van der Waals surface area contributed by atoms with Gasteiger partial charge in [-0.25, -0.2) is 0 Å². The van der Waals surface area contributed by atoms with Gasteiger partial charge in [0.2, 0.25) is 0 Å². The van der Waals surface area contributed by atoms with E-state index in [9.17, 15) is 0 Å². The average molecular weight is 220 g/mol. The molecule has 0 aromatic rings. The highest BCUT2D eigenvalue weighted by Gasteiger charge is 2.37. The Morgan fingerprint density at radius 2 is 1.80 bits per heavy atom. The van der Waals surface area contributed by atoms with Crippen LogP contribution in [0.2, 0.25) is 0 Å². The SMILES string of the molecule is COCCN(C)C(C)(CN)C(OC)OC. The van der Waals surface area contributed by atoms with Crippen molar-refractivity contribution in [3.8, 4) is 0 Å². The number of nitrogens with zero attached hydrogens (tertiary/aromatic N) is 1. The molecule has 5 nitrogen and oxygen atoms in total. The molecule has 0 aromatic heterocycles. The van der Waals surface area contributed by atoms with E-state index in [0.29, 0.717) is 13.2 Å². The molecule has 0 spiro atoms. The van der Waals surface area contributed by atoms with E-state index in [0.717, 1.165) is 6.54 Å². The predicted molar refractivity (Wildman–Crippen MR) is 59.8 cm³/mol. The van der Waals surface area contributed by atoms with Crippen LogP contribution in [0.1, 0.15) is 6.92 Å². The molecular formula is C10H24N2O3. The standard InChI is InChI=1S/C10H24N2O3/c1-10(8-11,9(14-4)15-5)12(2)6-7-13-3/h9H,6-8,11H2,1-5H3. The smallest absolute Gasteiger partial charge is 0.176 e. The number of likely N-dealkylation sites (N-methyl/N-ethyl adjacent to an activating group) is 1. The van der Waals surface area contributed by atoms with E-state index in [1.807, 2.05) is 14.0 Å². The summed E-state index contributed by atoms with van der Waals surface area (Å²) in [6, 6.07) is 0. The molecule has 0 fully saturated rings. The van der Waals surface area contributed by atoms with E-state index in [4.69, 9.17) is 19.9 Å². The summed E-state index contributed by atoms with van der Waals surface area (Å²) >= 11 is 0. The molecule has 1 atom stereocenters. The van der Waals surface area contributed by atoms with Crippen LogP contribution in [-0.4, -0.2) is 64.8 Å². The Balaban J connectivity index is 4.50. The minimum Gasteiger partial charge on any atom is -0.383 e. The Morgan fingerprint density at radius 3 is 2.13 bits per heavy atom. The molecular weight excluding hydrogens is 196 g/mol. The van der Waals surface area contributed by atoms with Crippen molar-refractivity contribution in [2.45, 2.75) is 18.8 Å². The lowest BCUT2D eigenvalue weighted by atomic mass is 9.99. The molecule has 15 heavy (non-hydrogen) atoms. The molecule has 0 amide bonds. The van der Waals surface area contributed by atoms with Gasteiger partial charge in [0.05, 0.1) is 12.1 Å². The number of methoxy groups -OCH3 is 3. The fourth-order valence-electron chi connectivity index (χ4n) is 1.52. The van der Waals surface area contributed by atoms with Crippen molar-refractivity contribution < 1.29 is 14.2 Å². The Kier molecular flexibility index (Phi) is 7.04. The van der Waals surface area contributed by atoms with Gasteiger partial charge in [-0.3, -0.25) is 4.90 Å². The lowest BCUT2D eigenvalue weighted by Gasteiger charge is -2.42. The largest absolute Gasteiger partial charge is 0.383 e. The van der Waals surface area contributed by atoms with Crippen LogP contribution in [0.15, 0.2) is 0 Å². The van der Waals surface area contributed by atoms with Gasteiger partial charge in [-0.05, 0) is 14.0 Å². The lowest BCUT2D eigenvalue weighted by molar-refractivity contribution is -0.178. The van der Waals surface area contributed by atoms with E-state index in [1.165, 1.54) is 0 Å². The van der Waals surface area contributed by atoms with Gasteiger partial charge in [0.25, 0.3) is 0 Å². The van der Waals surface area contributed by atoms with E-state index in [1.54, 1.807) is 21.3 Å². The minimum absolute atomic E-state index is 0.343. The molecule has 92 valence electrons. The monoisotopic (exact) mass is 220 g/mol. The number of hydrogen-bond acceptors (Lipinski definition) is 5. The molecule has 0 aliphatic heterocycles. The molecule has 0 bridgehead atoms. The van der Waals surface area contributed by atoms with Crippen molar-refractivity contribution in [1.29, 1.82) is 0 Å². The summed E-state index contributed by atoms with van der Waals surface area (Å²) in [5.41, 5.74) is 5.44. The molecule has 0 rings (SSSR count). The van der Waals surface area contributed by atoms with E-state index < -0.39 is 0 Å². The fraction of sp³-hybridized carbons (Fsp3) is 1.00. The molecule has 0 aliphatic rings. The van der Waals surface area contributed by atoms with Gasteiger partial charge in [0, 0.05) is 34.4 Å². The van der Waals surface area contributed by atoms with Gasteiger partial charge in [0.1, 0.15) is 0 Å². The second kappa shape index (κ2) is 7.14. The highest BCUT2D eigenvalue weighted by molar-refractivity contribution is 4.89. The summed E-state index contributed by atoms with van der Waals surface area (Å²) in [5, 5.41) is 0. The number of rotatable bonds is 8. The van der Waals surface area contributed by atoms with Crippen LogP contribution in [0.3, 0.4) is 0 Å². The first-order chi connectivity index (χ1) is 7.06. The normalized spacial score (nSPS) is 16.0. The van der Waals surface area contributed by atoms with Gasteiger partial charge in [0.15, 0.2) is 6.29 Å². The summed E-state index contributed by atoms with van der Waals surface area (Å²) in [6.45, 7) is 3.92. The number of hydrogen-bond donors (Lipinski definition) is 1. The van der Waals surface area contributed by atoms with Crippen molar-refractivity contribution >= 4 is 0 Å². The Labute approximate surface area is 92.5 Å². The van der Waals surface area contributed by atoms with E-state index in [-0.39, 0.29) is 11.8 Å². The summed E-state index contributed by atoms with van der Waals surface area (Å²) < 4.78 is 15.6. The third-order valence-electron chi connectivity index (χ3n) is 2.85. The molecule has 5 heteroatoms. The van der Waals surface area contributed by atoms with Crippen LogP contribution < -0.4 is 5.73 Å². The summed E-state index contributed by atoms with van der Waals surface area (Å²) in [5.74, 6) is 0. The zero-order valence-corrected chi connectivity index (χ0v) is 10.4. The molecule has 0 radical (unpaired) electrons. The van der Waals surface area contributed by atoms with Crippen molar-refractivity contribution in [3.63, 3.8) is 0 Å². The first-order valence-corrected chi connectivity index (χ1v) is 5.02. The quantitative estimate of drug-likeness (QED) is 0.579. The minimum atomic E-state index is -0.345. The fourth-order valence-corrected chi connectivity index (χ4v) is 1.52. The van der Waals surface area contributed by atoms with Crippen LogP contribution in [0.5, 0.6) is 0 Å². The summed E-state index contributed by atoms with van der Waals surface area (Å²) in [6.07, 6.45) is -0.343. The van der Waals surface area contributed by atoms with Gasteiger partial charge in [-0.2, -0.15) is 0 Å². The van der Waals surface area contributed by atoms with Crippen LogP contribution in [0, 0.1) is 0 Å². The van der Waals surface area contributed by atoms with Gasteiger partial charge in [-0.15, -0.1) is 0 Å². The zero-order valence-electron chi connectivity index (χ0n) is 10.4. The van der Waals surface area contributed by atoms with Crippen molar-refractivity contribution in [2.24, 2.45) is 5.73 Å². The van der Waals surface area contributed by atoms with Crippen LogP contribution >= 0.6 is 0 Å². The topological polar surface area (TPSA) is 57.0 Å². The molecule has 1 unspecified atom stereocenters. The predicted octanol–water partition coefficient (Wildman–Crippen LogP) is -0.0991. The first-order valence-electron chi connectivity index (χ1n) is 5.02. The molecule has 2 N–H and O–H groups in total. The second-order valence-corrected chi connectivity index (χ2v) is 3.78. The molecule has 0 aliphatic carbocycles. The van der Waals surface area contributed by atoms with Crippen LogP contribution in [-0.2, 0) is 14.2 Å². The van der Waals surface area contributed by atoms with Gasteiger partial charge >= 0.3 is 0 Å². The Hall–Kier alpha value is -0.200. The highest BCUT2D eigenvalue weighted by atomic mass is 16.7. The Bertz CT molecular complexity index is 165. The van der Waals surface area contributed by atoms with Crippen LogP contribution in [0.25, 0.3) is 0 Å². The maximum Gasteiger partial charge on any atom is 0.176 e. The maximum absolute atomic E-state index is 5.79. The Morgan fingerprint density at radius 1 is 1.27 bits per heavy atom. The van der Waals surface area contributed by atoms with Gasteiger partial charge < -0.3 is 19.9 Å². The summed E-state index contributed by atoms with van der Waals surface area (Å²) in [7, 11) is 6.90. The summed E-state index contributed by atoms with van der Waals surface area (Å²) in [4.78, 5) is 2.09. The third-order valence-corrected chi connectivity index (χ3v) is 2.85. The molecule has 0 heterocycles. The number of ether oxygens (including phenoxy) is 3. The maximum atomic E-state index is 5.79. The zero-order chi connectivity index (χ0) is 11.9. The lowest BCUT2D eigenvalue weighted by Crippen LogP contribution is -2.59. The molecule has 0 aromatic carbocycles. The third kappa shape index (κ3) is 3.70. The molecule has 0 saturated carbocycles. The van der Waals surface area contributed by atoms with Crippen molar-refractivity contribution in [3.05, 3.63) is 0 Å². The van der Waals surface area contributed by atoms with Gasteiger partial charge in [-0.1, -0.05) is 0 Å². The van der Waals surface area contributed by atoms with E-state index in [2.05, 4.69) is 4.90 Å². The highest BCUT2D eigenvalue weighted by Crippen LogP contribution is 2.19. The molecule has 0 saturated heterocycles. The van der Waals surface area contributed by atoms with Crippen LogP contribution in [0.4, 0.5) is 0 Å². The second-order valence-electron chi connectivity index (χ2n) is 3.78.